The van der Waals surface area contributed by atoms with Gasteiger partial charge in [-0.1, -0.05) is 24.3 Å². The van der Waals surface area contributed by atoms with Crippen LogP contribution in [-0.4, -0.2) is 42.1 Å². The van der Waals surface area contributed by atoms with Crippen LogP contribution in [0, 0.1) is 0 Å². The van der Waals surface area contributed by atoms with Crippen LogP contribution in [0.5, 0.6) is 0 Å². The van der Waals surface area contributed by atoms with Gasteiger partial charge in [-0.15, -0.1) is 0 Å². The number of hydrogen-bond donors (Lipinski definition) is 0. The summed E-state index contributed by atoms with van der Waals surface area (Å²) < 4.78 is 5.44. The molecule has 1 fully saturated rings. The van der Waals surface area contributed by atoms with E-state index in [4.69, 9.17) is 4.74 Å². The number of carbonyl (C=O) groups is 1. The third-order valence-corrected chi connectivity index (χ3v) is 4.71. The van der Waals surface area contributed by atoms with Crippen LogP contribution in [-0.2, 0) is 11.2 Å². The van der Waals surface area contributed by atoms with Gasteiger partial charge >= 0.3 is 0 Å². The van der Waals surface area contributed by atoms with Crippen molar-refractivity contribution in [3.63, 3.8) is 0 Å². The van der Waals surface area contributed by atoms with E-state index in [-0.39, 0.29) is 5.78 Å². The maximum absolute atomic E-state index is 12.8. The number of hydrogen-bond acceptors (Lipinski definition) is 5. The fourth-order valence-corrected chi connectivity index (χ4v) is 3.27. The zero-order chi connectivity index (χ0) is 18.5. The smallest absolute Gasteiger partial charge is 0.168 e. The number of ether oxygens (including phenoxy) is 1. The topological polar surface area (TPSA) is 55.3 Å². The van der Waals surface area contributed by atoms with Crippen LogP contribution in [0.25, 0.3) is 11.4 Å². The molecule has 0 spiro atoms. The van der Waals surface area contributed by atoms with Crippen molar-refractivity contribution >= 4 is 11.5 Å². The van der Waals surface area contributed by atoms with Crippen molar-refractivity contribution in [3.8, 4) is 11.4 Å². The predicted octanol–water partition coefficient (Wildman–Crippen LogP) is 3.41. The van der Waals surface area contributed by atoms with Gasteiger partial charge in [0.2, 0.25) is 0 Å². The van der Waals surface area contributed by atoms with Gasteiger partial charge in [-0.05, 0) is 35.9 Å². The van der Waals surface area contributed by atoms with Gasteiger partial charge in [-0.3, -0.25) is 14.8 Å². The molecule has 0 saturated carbocycles. The Morgan fingerprint density at radius 1 is 0.926 bits per heavy atom. The largest absolute Gasteiger partial charge is 0.378 e. The molecule has 1 aliphatic rings. The molecule has 5 nitrogen and oxygen atoms in total. The Balaban J connectivity index is 1.51. The highest BCUT2D eigenvalue weighted by molar-refractivity contribution is 5.98. The molecule has 5 heteroatoms. The summed E-state index contributed by atoms with van der Waals surface area (Å²) in [6, 6.07) is 17.5. The van der Waals surface area contributed by atoms with Crippen LogP contribution in [0.2, 0.25) is 0 Å². The summed E-state index contributed by atoms with van der Waals surface area (Å²) in [5.74, 6) is 0.0655. The lowest BCUT2D eigenvalue weighted by atomic mass is 10.0. The molecule has 0 N–H and O–H groups in total. The fourth-order valence-electron chi connectivity index (χ4n) is 3.27. The summed E-state index contributed by atoms with van der Waals surface area (Å²) in [7, 11) is 0. The Kier molecular flexibility index (Phi) is 5.21. The monoisotopic (exact) mass is 359 g/mol. The minimum absolute atomic E-state index is 0.0655. The molecule has 4 rings (SSSR count). The second kappa shape index (κ2) is 8.10. The van der Waals surface area contributed by atoms with E-state index in [1.807, 2.05) is 48.5 Å². The predicted molar refractivity (Wildman–Crippen MR) is 105 cm³/mol. The van der Waals surface area contributed by atoms with E-state index in [2.05, 4.69) is 20.9 Å². The Hall–Kier alpha value is -3.05. The van der Waals surface area contributed by atoms with Crippen molar-refractivity contribution < 1.29 is 9.53 Å². The first-order valence-electron chi connectivity index (χ1n) is 9.12. The molecular formula is C22H21N3O2. The number of carbonyl (C=O) groups excluding carboxylic acids is 1. The van der Waals surface area contributed by atoms with Crippen LogP contribution in [0.1, 0.15) is 15.9 Å². The lowest BCUT2D eigenvalue weighted by Crippen LogP contribution is -2.36. The van der Waals surface area contributed by atoms with Crippen molar-refractivity contribution in [3.05, 3.63) is 78.1 Å². The average Bonchev–Trinajstić information content (AvgIpc) is 2.75. The van der Waals surface area contributed by atoms with Gasteiger partial charge in [0.1, 0.15) is 0 Å². The summed E-state index contributed by atoms with van der Waals surface area (Å²) in [4.78, 5) is 23.8. The molecule has 27 heavy (non-hydrogen) atoms. The van der Waals surface area contributed by atoms with Crippen molar-refractivity contribution in [2.24, 2.45) is 0 Å². The Morgan fingerprint density at radius 3 is 2.44 bits per heavy atom. The third-order valence-electron chi connectivity index (χ3n) is 4.71. The Morgan fingerprint density at radius 2 is 1.70 bits per heavy atom. The van der Waals surface area contributed by atoms with Gasteiger partial charge in [-0.25, -0.2) is 0 Å². The lowest BCUT2D eigenvalue weighted by molar-refractivity contribution is 0.0992. The first-order chi connectivity index (χ1) is 13.3. The summed E-state index contributed by atoms with van der Waals surface area (Å²) in [5, 5.41) is 0. The molecule has 1 aliphatic heterocycles. The van der Waals surface area contributed by atoms with Crippen molar-refractivity contribution in [1.82, 2.24) is 9.97 Å². The van der Waals surface area contributed by atoms with Gasteiger partial charge in [0, 0.05) is 43.2 Å². The maximum Gasteiger partial charge on any atom is 0.168 e. The quantitative estimate of drug-likeness (QED) is 0.654. The minimum atomic E-state index is 0.0655. The minimum Gasteiger partial charge on any atom is -0.378 e. The molecule has 0 aliphatic carbocycles. The third kappa shape index (κ3) is 4.04. The van der Waals surface area contributed by atoms with Gasteiger partial charge in [0.25, 0.3) is 0 Å². The molecule has 136 valence electrons. The number of nitrogens with zero attached hydrogens (tertiary/aromatic N) is 3. The molecule has 1 saturated heterocycles. The highest BCUT2D eigenvalue weighted by atomic mass is 16.5. The molecule has 3 aromatic rings. The second-order valence-electron chi connectivity index (χ2n) is 6.48. The number of rotatable bonds is 5. The number of pyridine rings is 2. The van der Waals surface area contributed by atoms with Gasteiger partial charge in [0.05, 0.1) is 24.6 Å². The van der Waals surface area contributed by atoms with Crippen molar-refractivity contribution in [1.29, 1.82) is 0 Å². The molecule has 0 atom stereocenters. The van der Waals surface area contributed by atoms with E-state index in [9.17, 15) is 4.79 Å². The lowest BCUT2D eigenvalue weighted by Gasteiger charge is -2.30. The molecule has 3 heterocycles. The zero-order valence-electron chi connectivity index (χ0n) is 15.0. The van der Waals surface area contributed by atoms with E-state index in [0.29, 0.717) is 12.0 Å². The van der Waals surface area contributed by atoms with E-state index >= 15 is 0 Å². The molecule has 0 unspecified atom stereocenters. The number of Topliss-reactive ketones (excluding diaryl/α,β-unsaturated/α-hetero) is 1. The molecular weight excluding hydrogens is 338 g/mol. The highest BCUT2D eigenvalue weighted by Crippen LogP contribution is 2.23. The van der Waals surface area contributed by atoms with E-state index in [1.54, 1.807) is 12.4 Å². The summed E-state index contributed by atoms with van der Waals surface area (Å²) in [5.41, 5.74) is 4.34. The number of benzene rings is 1. The zero-order valence-corrected chi connectivity index (χ0v) is 15.0. The first-order valence-corrected chi connectivity index (χ1v) is 9.12. The normalized spacial score (nSPS) is 14.1. The van der Waals surface area contributed by atoms with Gasteiger partial charge in [0.15, 0.2) is 5.78 Å². The molecule has 1 aromatic carbocycles. The number of morpholine rings is 1. The van der Waals surface area contributed by atoms with Crippen LogP contribution in [0.3, 0.4) is 0 Å². The van der Waals surface area contributed by atoms with Gasteiger partial charge < -0.3 is 9.64 Å². The standard InChI is InChI=1S/C22H21N3O2/c26-22(18-8-9-20(24-16-18)19-6-3-4-10-23-19)15-17-5-1-2-7-21(17)25-11-13-27-14-12-25/h1-10,16H,11-15H2. The van der Waals surface area contributed by atoms with Crippen molar-refractivity contribution in [2.45, 2.75) is 6.42 Å². The average molecular weight is 359 g/mol. The highest BCUT2D eigenvalue weighted by Gasteiger charge is 2.17. The van der Waals surface area contributed by atoms with Crippen LogP contribution in [0.15, 0.2) is 67.0 Å². The first kappa shape index (κ1) is 17.4. The summed E-state index contributed by atoms with van der Waals surface area (Å²) >= 11 is 0. The maximum atomic E-state index is 12.8. The van der Waals surface area contributed by atoms with Crippen LogP contribution < -0.4 is 4.90 Å². The summed E-state index contributed by atoms with van der Waals surface area (Å²) in [6.07, 6.45) is 3.74. The second-order valence-corrected chi connectivity index (χ2v) is 6.48. The number of anilines is 1. The van der Waals surface area contributed by atoms with Gasteiger partial charge in [-0.2, -0.15) is 0 Å². The molecule has 0 radical (unpaired) electrons. The fraction of sp³-hybridized carbons (Fsp3) is 0.227. The molecule has 0 bridgehead atoms. The summed E-state index contributed by atoms with van der Waals surface area (Å²) in [6.45, 7) is 3.15. The van der Waals surface area contributed by atoms with Crippen molar-refractivity contribution in [2.75, 3.05) is 31.2 Å². The SMILES string of the molecule is O=C(Cc1ccccc1N1CCOCC1)c1ccc(-c2ccccn2)nc1. The Labute approximate surface area is 158 Å². The van der Waals surface area contributed by atoms with Crippen LogP contribution >= 0.6 is 0 Å². The van der Waals surface area contributed by atoms with Crippen LogP contribution in [0.4, 0.5) is 5.69 Å². The van der Waals surface area contributed by atoms with E-state index in [1.165, 1.54) is 0 Å². The molecule has 0 amide bonds. The number of aromatic nitrogens is 2. The number of para-hydroxylation sites is 1. The molecule has 2 aromatic heterocycles. The number of ketones is 1. The Bertz CT molecular complexity index is 904. The van der Waals surface area contributed by atoms with E-state index in [0.717, 1.165) is 48.9 Å². The van der Waals surface area contributed by atoms with E-state index < -0.39 is 0 Å².